The zero-order valence-corrected chi connectivity index (χ0v) is 9.90. The van der Waals surface area contributed by atoms with Crippen LogP contribution in [0.15, 0.2) is 16.6 Å². The van der Waals surface area contributed by atoms with E-state index in [0.29, 0.717) is 10.0 Å². The summed E-state index contributed by atoms with van der Waals surface area (Å²) in [6, 6.07) is 3.17. The monoisotopic (exact) mass is 278 g/mol. The lowest BCUT2D eigenvalue weighted by Crippen LogP contribution is -2.00. The van der Waals surface area contributed by atoms with Gasteiger partial charge in [0.1, 0.15) is 12.1 Å². The van der Waals surface area contributed by atoms with E-state index in [2.05, 4.69) is 15.9 Å². The molecule has 0 bridgehead atoms. The molecular weight excluding hydrogens is 270 g/mol. The van der Waals surface area contributed by atoms with E-state index in [9.17, 15) is 9.18 Å². The molecular formula is C10H9BrClFO. The third-order valence-corrected chi connectivity index (χ3v) is 3.01. The fraction of sp³-hybridized carbons (Fsp3) is 0.300. The molecule has 0 aliphatic heterocycles. The van der Waals surface area contributed by atoms with Crippen molar-refractivity contribution in [3.05, 3.63) is 33.0 Å². The van der Waals surface area contributed by atoms with Crippen molar-refractivity contribution in [3.8, 4) is 0 Å². The summed E-state index contributed by atoms with van der Waals surface area (Å²) >= 11 is 8.88. The Morgan fingerprint density at radius 2 is 2.29 bits per heavy atom. The van der Waals surface area contributed by atoms with Crippen molar-refractivity contribution in [2.24, 2.45) is 0 Å². The van der Waals surface area contributed by atoms with Crippen molar-refractivity contribution >= 4 is 33.8 Å². The molecule has 1 unspecified atom stereocenters. The number of halogens is 3. The molecule has 0 radical (unpaired) electrons. The molecule has 1 rings (SSSR count). The Balaban J connectivity index is 3.17. The summed E-state index contributed by atoms with van der Waals surface area (Å²) in [4.78, 5) is 10.3. The van der Waals surface area contributed by atoms with Gasteiger partial charge in [-0.3, -0.25) is 0 Å². The summed E-state index contributed by atoms with van der Waals surface area (Å²) < 4.78 is 14.2. The van der Waals surface area contributed by atoms with Gasteiger partial charge in [0.05, 0.1) is 5.02 Å². The molecule has 1 atom stereocenters. The Morgan fingerprint density at radius 1 is 1.64 bits per heavy atom. The van der Waals surface area contributed by atoms with Crippen LogP contribution in [-0.4, -0.2) is 6.29 Å². The Kier molecular flexibility index (Phi) is 4.08. The third-order valence-electron chi connectivity index (χ3n) is 2.02. The number of hydrogen-bond acceptors (Lipinski definition) is 1. The summed E-state index contributed by atoms with van der Waals surface area (Å²) in [5, 5.41) is 0.0842. The summed E-state index contributed by atoms with van der Waals surface area (Å²) in [6.45, 7) is 1.79. The molecule has 4 heteroatoms. The lowest BCUT2D eigenvalue weighted by molar-refractivity contribution is -0.108. The molecule has 0 aliphatic carbocycles. The largest absolute Gasteiger partial charge is 0.303 e. The van der Waals surface area contributed by atoms with Crippen LogP contribution in [-0.2, 0) is 4.79 Å². The van der Waals surface area contributed by atoms with Gasteiger partial charge < -0.3 is 4.79 Å². The molecule has 0 heterocycles. The molecule has 0 aromatic heterocycles. The third kappa shape index (κ3) is 2.34. The summed E-state index contributed by atoms with van der Waals surface area (Å²) in [5.74, 6) is -0.615. The molecule has 1 aromatic rings. The molecule has 0 amide bonds. The first-order valence-corrected chi connectivity index (χ1v) is 5.32. The second kappa shape index (κ2) is 4.89. The number of carbonyl (C=O) groups is 1. The zero-order chi connectivity index (χ0) is 10.7. The highest BCUT2D eigenvalue weighted by atomic mass is 79.9. The van der Waals surface area contributed by atoms with E-state index in [0.717, 1.165) is 6.29 Å². The minimum Gasteiger partial charge on any atom is -0.303 e. The first-order valence-electron chi connectivity index (χ1n) is 4.15. The topological polar surface area (TPSA) is 17.1 Å². The van der Waals surface area contributed by atoms with E-state index in [1.807, 2.05) is 0 Å². The molecule has 0 saturated heterocycles. The molecule has 1 nitrogen and oxygen atoms in total. The van der Waals surface area contributed by atoms with Crippen molar-refractivity contribution in [3.63, 3.8) is 0 Å². The number of hydrogen-bond donors (Lipinski definition) is 0. The average molecular weight is 280 g/mol. The van der Waals surface area contributed by atoms with E-state index >= 15 is 0 Å². The van der Waals surface area contributed by atoms with E-state index in [-0.39, 0.29) is 17.4 Å². The van der Waals surface area contributed by atoms with Crippen LogP contribution in [0.25, 0.3) is 0 Å². The quantitative estimate of drug-likeness (QED) is 0.605. The molecule has 14 heavy (non-hydrogen) atoms. The fourth-order valence-corrected chi connectivity index (χ4v) is 2.12. The Hall–Kier alpha value is -0.410. The van der Waals surface area contributed by atoms with Crippen molar-refractivity contribution in [1.29, 1.82) is 0 Å². The Bertz CT molecular complexity index is 354. The molecule has 1 aromatic carbocycles. The van der Waals surface area contributed by atoms with Gasteiger partial charge in [-0.1, -0.05) is 34.5 Å². The van der Waals surface area contributed by atoms with Gasteiger partial charge in [0.2, 0.25) is 0 Å². The molecule has 0 aliphatic rings. The van der Waals surface area contributed by atoms with E-state index < -0.39 is 5.82 Å². The zero-order valence-electron chi connectivity index (χ0n) is 7.56. The van der Waals surface area contributed by atoms with Crippen LogP contribution in [0.1, 0.15) is 24.8 Å². The highest BCUT2D eigenvalue weighted by Gasteiger charge is 2.16. The summed E-state index contributed by atoms with van der Waals surface area (Å²) in [7, 11) is 0. The van der Waals surface area contributed by atoms with E-state index in [4.69, 9.17) is 11.6 Å². The van der Waals surface area contributed by atoms with Crippen LogP contribution in [0.2, 0.25) is 5.02 Å². The van der Waals surface area contributed by atoms with Crippen LogP contribution in [0.4, 0.5) is 4.39 Å². The maximum atomic E-state index is 13.6. The average Bonchev–Trinajstić information content (AvgIpc) is 2.13. The second-order valence-corrected chi connectivity index (χ2v) is 4.32. The maximum absolute atomic E-state index is 13.6. The number of aldehydes is 1. The van der Waals surface area contributed by atoms with Crippen molar-refractivity contribution in [1.82, 2.24) is 0 Å². The predicted molar refractivity (Wildman–Crippen MR) is 58.2 cm³/mol. The molecule has 0 fully saturated rings. The summed E-state index contributed by atoms with van der Waals surface area (Å²) in [6.07, 6.45) is 1.06. The highest BCUT2D eigenvalue weighted by Crippen LogP contribution is 2.32. The van der Waals surface area contributed by atoms with Gasteiger partial charge in [-0.2, -0.15) is 0 Å². The standard InChI is InChI=1S/C10H9BrClFO/c1-6(4-5-14)9-7(11)2-3-8(12)10(9)13/h2-3,5-6H,4H2,1H3. The van der Waals surface area contributed by atoms with Crippen LogP contribution in [0.5, 0.6) is 0 Å². The van der Waals surface area contributed by atoms with Gasteiger partial charge in [-0.05, 0) is 18.1 Å². The highest BCUT2D eigenvalue weighted by molar-refractivity contribution is 9.10. The van der Waals surface area contributed by atoms with Crippen LogP contribution in [0.3, 0.4) is 0 Å². The fourth-order valence-electron chi connectivity index (χ4n) is 1.26. The van der Waals surface area contributed by atoms with Crippen LogP contribution >= 0.6 is 27.5 Å². The van der Waals surface area contributed by atoms with Gasteiger partial charge in [-0.15, -0.1) is 0 Å². The minimum absolute atomic E-state index is 0.0842. The maximum Gasteiger partial charge on any atom is 0.146 e. The lowest BCUT2D eigenvalue weighted by Gasteiger charge is -2.12. The van der Waals surface area contributed by atoms with E-state index in [1.165, 1.54) is 6.07 Å². The van der Waals surface area contributed by atoms with Crippen molar-refractivity contribution in [2.45, 2.75) is 19.3 Å². The SMILES string of the molecule is CC(CC=O)c1c(Br)ccc(Cl)c1F. The molecule has 76 valence electrons. The van der Waals surface area contributed by atoms with E-state index in [1.54, 1.807) is 13.0 Å². The van der Waals surface area contributed by atoms with Gasteiger partial charge in [-0.25, -0.2) is 4.39 Å². The van der Waals surface area contributed by atoms with Gasteiger partial charge >= 0.3 is 0 Å². The van der Waals surface area contributed by atoms with Crippen LogP contribution in [0, 0.1) is 5.82 Å². The second-order valence-electron chi connectivity index (χ2n) is 3.06. The van der Waals surface area contributed by atoms with Gasteiger partial charge in [0, 0.05) is 16.5 Å². The number of carbonyl (C=O) groups excluding carboxylic acids is 1. The lowest BCUT2D eigenvalue weighted by atomic mass is 9.98. The number of benzene rings is 1. The Morgan fingerprint density at radius 3 is 2.86 bits per heavy atom. The number of rotatable bonds is 3. The molecule has 0 N–H and O–H groups in total. The minimum atomic E-state index is -0.449. The smallest absolute Gasteiger partial charge is 0.146 e. The Labute approximate surface area is 95.4 Å². The first kappa shape index (κ1) is 11.7. The first-order chi connectivity index (χ1) is 6.57. The van der Waals surface area contributed by atoms with Crippen molar-refractivity contribution < 1.29 is 9.18 Å². The van der Waals surface area contributed by atoms with Crippen LogP contribution < -0.4 is 0 Å². The normalized spacial score (nSPS) is 12.6. The molecule has 0 spiro atoms. The van der Waals surface area contributed by atoms with Crippen molar-refractivity contribution in [2.75, 3.05) is 0 Å². The van der Waals surface area contributed by atoms with Gasteiger partial charge in [0.25, 0.3) is 0 Å². The predicted octanol–water partition coefficient (Wildman–Crippen LogP) is 3.93. The summed E-state index contributed by atoms with van der Waals surface area (Å²) in [5.41, 5.74) is 0.463. The molecule has 0 saturated carbocycles. The van der Waals surface area contributed by atoms with Gasteiger partial charge in [0.15, 0.2) is 0 Å².